The highest BCUT2D eigenvalue weighted by molar-refractivity contribution is 6.08. The van der Waals surface area contributed by atoms with Crippen LogP contribution in [0.3, 0.4) is 0 Å². The van der Waals surface area contributed by atoms with Crippen molar-refractivity contribution in [3.05, 3.63) is 83.2 Å². The van der Waals surface area contributed by atoms with Gasteiger partial charge in [0.1, 0.15) is 17.7 Å². The highest BCUT2D eigenvalue weighted by Gasteiger charge is 2.28. The Hall–Kier alpha value is -3.58. The number of anilines is 1. The molecule has 1 heterocycles. The van der Waals surface area contributed by atoms with Crippen LogP contribution in [0.4, 0.5) is 5.69 Å². The Balaban J connectivity index is 1.98. The van der Waals surface area contributed by atoms with E-state index in [1.807, 2.05) is 88.4 Å². The maximum atomic E-state index is 14.1. The number of likely N-dealkylation sites (N-methyl/N-ethyl adjacent to an activating group) is 2. The first-order valence-corrected chi connectivity index (χ1v) is 13.4. The summed E-state index contributed by atoms with van der Waals surface area (Å²) >= 11 is 0. The van der Waals surface area contributed by atoms with Gasteiger partial charge >= 0.3 is 0 Å². The molecular weight excluding hydrogens is 474 g/mol. The monoisotopic (exact) mass is 517 g/mol. The molecule has 0 aromatic heterocycles. The van der Waals surface area contributed by atoms with E-state index < -0.39 is 0 Å². The van der Waals surface area contributed by atoms with Gasteiger partial charge in [-0.15, -0.1) is 0 Å². The number of amides is 1. The Kier molecular flexibility index (Phi) is 10.5. The molecule has 204 valence electrons. The molecule has 0 aliphatic carbocycles. The minimum absolute atomic E-state index is 0.0426. The zero-order valence-electron chi connectivity index (χ0n) is 24.0. The van der Waals surface area contributed by atoms with E-state index in [4.69, 9.17) is 4.74 Å². The molecular formula is C31H43N5O2. The van der Waals surface area contributed by atoms with E-state index >= 15 is 0 Å². The highest BCUT2D eigenvalue weighted by Crippen LogP contribution is 2.29. The molecule has 7 heteroatoms. The highest BCUT2D eigenvalue weighted by atomic mass is 16.5. The molecule has 1 aliphatic rings. The largest absolute Gasteiger partial charge is 0.484 e. The number of nitrogens with zero attached hydrogens (tertiary/aromatic N) is 4. The van der Waals surface area contributed by atoms with Crippen molar-refractivity contribution in [1.29, 1.82) is 0 Å². The van der Waals surface area contributed by atoms with Gasteiger partial charge in [-0.3, -0.25) is 9.79 Å². The third-order valence-corrected chi connectivity index (χ3v) is 6.52. The molecule has 7 nitrogen and oxygen atoms in total. The average molecular weight is 518 g/mol. The summed E-state index contributed by atoms with van der Waals surface area (Å²) in [5, 5.41) is 3.40. The fourth-order valence-electron chi connectivity index (χ4n) is 4.35. The summed E-state index contributed by atoms with van der Waals surface area (Å²) in [4.78, 5) is 24.6. The molecule has 0 saturated heterocycles. The fourth-order valence-corrected chi connectivity index (χ4v) is 4.35. The van der Waals surface area contributed by atoms with E-state index in [1.54, 1.807) is 0 Å². The van der Waals surface area contributed by atoms with E-state index in [-0.39, 0.29) is 12.0 Å². The second-order valence-corrected chi connectivity index (χ2v) is 9.95. The van der Waals surface area contributed by atoms with Gasteiger partial charge in [-0.05, 0) is 65.1 Å². The zero-order valence-corrected chi connectivity index (χ0v) is 24.0. The second-order valence-electron chi connectivity index (χ2n) is 9.95. The van der Waals surface area contributed by atoms with Crippen LogP contribution < -0.4 is 15.0 Å². The number of hydrogen-bond donors (Lipinski definition) is 1. The van der Waals surface area contributed by atoms with Crippen molar-refractivity contribution in [2.75, 3.05) is 52.2 Å². The van der Waals surface area contributed by atoms with Crippen LogP contribution >= 0.6 is 0 Å². The SMILES string of the molecule is CCN=C(C)NC1=C(/C=C(\C)CC)C(=O)N(c2cccc(OC(CN(C)C)c3ccccc3)c2)CCN1C. The van der Waals surface area contributed by atoms with Crippen LogP contribution in [-0.2, 0) is 4.79 Å². The molecule has 2 aromatic carbocycles. The van der Waals surface area contributed by atoms with Crippen LogP contribution in [0.2, 0.25) is 0 Å². The third kappa shape index (κ3) is 7.71. The predicted octanol–water partition coefficient (Wildman–Crippen LogP) is 5.24. The van der Waals surface area contributed by atoms with Crippen molar-refractivity contribution in [2.45, 2.75) is 40.2 Å². The van der Waals surface area contributed by atoms with Crippen LogP contribution in [-0.4, -0.2) is 68.9 Å². The molecule has 1 atom stereocenters. The average Bonchev–Trinajstić information content (AvgIpc) is 3.00. The van der Waals surface area contributed by atoms with Crippen LogP contribution in [0.15, 0.2) is 82.6 Å². The maximum absolute atomic E-state index is 14.1. The lowest BCUT2D eigenvalue weighted by Crippen LogP contribution is -2.34. The first-order valence-electron chi connectivity index (χ1n) is 13.4. The predicted molar refractivity (Wildman–Crippen MR) is 158 cm³/mol. The minimum atomic E-state index is -0.130. The van der Waals surface area contributed by atoms with E-state index in [0.717, 1.165) is 47.2 Å². The van der Waals surface area contributed by atoms with E-state index in [1.165, 1.54) is 0 Å². The Morgan fingerprint density at radius 3 is 2.50 bits per heavy atom. The summed E-state index contributed by atoms with van der Waals surface area (Å²) in [6, 6.07) is 18.1. The van der Waals surface area contributed by atoms with E-state index in [0.29, 0.717) is 25.2 Å². The van der Waals surface area contributed by atoms with Crippen molar-refractivity contribution in [3.8, 4) is 5.75 Å². The smallest absolute Gasteiger partial charge is 0.262 e. The van der Waals surface area contributed by atoms with Crippen molar-refractivity contribution in [1.82, 2.24) is 15.1 Å². The molecule has 0 spiro atoms. The number of ether oxygens (including phenoxy) is 1. The minimum Gasteiger partial charge on any atom is -0.484 e. The molecule has 1 N–H and O–H groups in total. The van der Waals surface area contributed by atoms with Crippen LogP contribution in [0.25, 0.3) is 0 Å². The summed E-state index contributed by atoms with van der Waals surface area (Å²) < 4.78 is 6.50. The first-order chi connectivity index (χ1) is 18.2. The molecule has 3 rings (SSSR count). The molecule has 38 heavy (non-hydrogen) atoms. The summed E-state index contributed by atoms with van der Waals surface area (Å²) in [6.45, 7) is 10.7. The lowest BCUT2D eigenvalue weighted by molar-refractivity contribution is -0.114. The lowest BCUT2D eigenvalue weighted by Gasteiger charge is -2.25. The van der Waals surface area contributed by atoms with E-state index in [2.05, 4.69) is 46.1 Å². The number of carbonyl (C=O) groups excluding carboxylic acids is 1. The summed E-state index contributed by atoms with van der Waals surface area (Å²) in [7, 11) is 6.10. The normalized spacial score (nSPS) is 16.2. The Bertz CT molecular complexity index is 1170. The molecule has 1 amide bonds. The molecule has 0 fully saturated rings. The Morgan fingerprint density at radius 1 is 1.11 bits per heavy atom. The van der Waals surface area contributed by atoms with Gasteiger partial charge in [0.05, 0.1) is 11.4 Å². The van der Waals surface area contributed by atoms with Crippen molar-refractivity contribution in [3.63, 3.8) is 0 Å². The van der Waals surface area contributed by atoms with Crippen molar-refractivity contribution >= 4 is 17.4 Å². The topological polar surface area (TPSA) is 60.4 Å². The summed E-state index contributed by atoms with van der Waals surface area (Å²) in [5.41, 5.74) is 3.71. The molecule has 2 aromatic rings. The van der Waals surface area contributed by atoms with Crippen molar-refractivity contribution < 1.29 is 9.53 Å². The zero-order chi connectivity index (χ0) is 27.7. The number of amidine groups is 1. The van der Waals surface area contributed by atoms with Gasteiger partial charge in [0.25, 0.3) is 5.91 Å². The molecule has 1 aliphatic heterocycles. The van der Waals surface area contributed by atoms with Crippen LogP contribution in [0.5, 0.6) is 5.75 Å². The summed E-state index contributed by atoms with van der Waals surface area (Å²) in [6.07, 6.45) is 2.74. The maximum Gasteiger partial charge on any atom is 0.262 e. The Labute approximate surface area is 228 Å². The second kappa shape index (κ2) is 13.8. The number of hydrogen-bond acceptors (Lipinski definition) is 5. The number of benzene rings is 2. The molecule has 1 unspecified atom stereocenters. The number of nitrogens with one attached hydrogen (secondary N) is 1. The lowest BCUT2D eigenvalue weighted by atomic mass is 10.1. The van der Waals surface area contributed by atoms with Gasteiger partial charge in [-0.25, -0.2) is 0 Å². The standard InChI is InChI=1S/C31H43N5O2/c1-8-23(3)20-28-30(33-24(4)32-9-2)35(7)18-19-36(31(28)37)26-16-13-17-27(21-26)38-29(22-34(5)6)25-14-11-10-12-15-25/h10-17,20-21,29H,8-9,18-19,22H2,1-7H3,(H,32,33)/b23-20+. The Morgan fingerprint density at radius 2 is 1.84 bits per heavy atom. The summed E-state index contributed by atoms with van der Waals surface area (Å²) in [5.74, 6) is 2.26. The van der Waals surface area contributed by atoms with Crippen molar-refractivity contribution in [2.24, 2.45) is 4.99 Å². The number of carbonyl (C=O) groups is 1. The first kappa shape index (κ1) is 29.0. The number of rotatable bonds is 10. The number of aliphatic imine (C=N–C) groups is 1. The van der Waals surface area contributed by atoms with Gasteiger partial charge in [-0.1, -0.05) is 48.9 Å². The van der Waals surface area contributed by atoms with Gasteiger partial charge in [0.2, 0.25) is 0 Å². The van der Waals surface area contributed by atoms with Gasteiger partial charge in [0, 0.05) is 45.0 Å². The molecule has 0 bridgehead atoms. The quantitative estimate of drug-likeness (QED) is 0.345. The van der Waals surface area contributed by atoms with E-state index in [9.17, 15) is 4.79 Å². The van der Waals surface area contributed by atoms with Gasteiger partial charge in [-0.2, -0.15) is 0 Å². The third-order valence-electron chi connectivity index (χ3n) is 6.52. The van der Waals surface area contributed by atoms with Gasteiger partial charge < -0.3 is 24.8 Å². The fraction of sp³-hybridized carbons (Fsp3) is 0.419. The molecule has 0 radical (unpaired) electrons. The van der Waals surface area contributed by atoms with Gasteiger partial charge in [0.15, 0.2) is 0 Å². The van der Waals surface area contributed by atoms with Crippen LogP contribution in [0.1, 0.15) is 45.8 Å². The number of allylic oxidation sites excluding steroid dienone is 1. The van der Waals surface area contributed by atoms with Crippen LogP contribution in [0, 0.1) is 0 Å². The molecule has 0 saturated carbocycles.